The van der Waals surface area contributed by atoms with Crippen LogP contribution in [0.1, 0.15) is 11.1 Å². The largest absolute Gasteiger partial charge is 0.380 e. The number of thioether (sulfide) groups is 1. The van der Waals surface area contributed by atoms with Gasteiger partial charge in [0.1, 0.15) is 11.9 Å². The van der Waals surface area contributed by atoms with Crippen LogP contribution in [0.25, 0.3) is 0 Å². The van der Waals surface area contributed by atoms with Crippen molar-refractivity contribution in [1.29, 1.82) is 5.26 Å². The number of anilines is 1. The second kappa shape index (κ2) is 7.51. The van der Waals surface area contributed by atoms with Gasteiger partial charge >= 0.3 is 0 Å². The van der Waals surface area contributed by atoms with Crippen LogP contribution < -0.4 is 5.32 Å². The molecule has 0 aromatic heterocycles. The summed E-state index contributed by atoms with van der Waals surface area (Å²) in [5.41, 5.74) is 1.97. The summed E-state index contributed by atoms with van der Waals surface area (Å²) in [5, 5.41) is 12.2. The molecule has 0 unspecified atom stereocenters. The Morgan fingerprint density at radius 2 is 2.10 bits per heavy atom. The van der Waals surface area contributed by atoms with E-state index in [2.05, 4.69) is 11.9 Å². The van der Waals surface area contributed by atoms with E-state index in [1.165, 1.54) is 6.07 Å². The van der Waals surface area contributed by atoms with E-state index in [1.54, 1.807) is 23.9 Å². The van der Waals surface area contributed by atoms with Crippen LogP contribution in [0.15, 0.2) is 60.0 Å². The molecule has 1 N–H and O–H groups in total. The highest BCUT2D eigenvalue weighted by Crippen LogP contribution is 2.27. The van der Waals surface area contributed by atoms with Gasteiger partial charge in [0.15, 0.2) is 0 Å². The van der Waals surface area contributed by atoms with Crippen molar-refractivity contribution in [2.24, 2.45) is 0 Å². The lowest BCUT2D eigenvalue weighted by molar-refractivity contribution is 0.623. The van der Waals surface area contributed by atoms with Crippen LogP contribution in [0.4, 0.5) is 10.1 Å². The van der Waals surface area contributed by atoms with Crippen LogP contribution in [0, 0.1) is 17.1 Å². The molecular formula is C17H15FN2S. The zero-order valence-corrected chi connectivity index (χ0v) is 12.3. The number of nitrogens with one attached hydrogen (secondary N) is 1. The van der Waals surface area contributed by atoms with E-state index >= 15 is 0 Å². The first-order valence-corrected chi connectivity index (χ1v) is 7.48. The van der Waals surface area contributed by atoms with Gasteiger partial charge in [-0.15, -0.1) is 18.3 Å². The normalized spacial score (nSPS) is 9.90. The number of halogens is 1. The molecule has 0 radical (unpaired) electrons. The molecule has 0 fully saturated rings. The minimum Gasteiger partial charge on any atom is -0.380 e. The Balaban J connectivity index is 2.09. The molecule has 2 aromatic rings. The maximum Gasteiger partial charge on any atom is 0.140 e. The van der Waals surface area contributed by atoms with E-state index in [0.717, 1.165) is 21.9 Å². The standard InChI is InChI=1S/C17H15FN2S/c1-2-9-21-17-6-4-3-5-16(17)20-12-13-7-8-15(18)14(10-13)11-19/h2-8,10,20H,1,9,12H2. The Kier molecular flexibility index (Phi) is 5.42. The quantitative estimate of drug-likeness (QED) is 0.626. The highest BCUT2D eigenvalue weighted by molar-refractivity contribution is 7.99. The molecule has 2 rings (SSSR count). The highest BCUT2D eigenvalue weighted by Gasteiger charge is 2.04. The van der Waals surface area contributed by atoms with Crippen molar-refractivity contribution >= 4 is 17.4 Å². The lowest BCUT2D eigenvalue weighted by Gasteiger charge is -2.11. The fourth-order valence-corrected chi connectivity index (χ4v) is 2.62. The molecule has 2 aromatic carbocycles. The number of hydrogen-bond donors (Lipinski definition) is 1. The van der Waals surface area contributed by atoms with Gasteiger partial charge in [0, 0.05) is 22.9 Å². The molecule has 21 heavy (non-hydrogen) atoms. The van der Waals surface area contributed by atoms with Crippen molar-refractivity contribution in [3.8, 4) is 6.07 Å². The van der Waals surface area contributed by atoms with E-state index in [4.69, 9.17) is 5.26 Å². The molecule has 0 amide bonds. The van der Waals surface area contributed by atoms with Gasteiger partial charge in [-0.2, -0.15) is 5.26 Å². The summed E-state index contributed by atoms with van der Waals surface area (Å²) >= 11 is 1.70. The third kappa shape index (κ3) is 4.11. The van der Waals surface area contributed by atoms with E-state index < -0.39 is 5.82 Å². The van der Waals surface area contributed by atoms with Gasteiger partial charge in [-0.3, -0.25) is 0 Å². The highest BCUT2D eigenvalue weighted by atomic mass is 32.2. The Hall–Kier alpha value is -2.25. The van der Waals surface area contributed by atoms with Gasteiger partial charge in [-0.05, 0) is 29.8 Å². The number of nitrogens with zero attached hydrogens (tertiary/aromatic N) is 1. The van der Waals surface area contributed by atoms with E-state index in [9.17, 15) is 4.39 Å². The van der Waals surface area contributed by atoms with E-state index in [0.29, 0.717) is 6.54 Å². The molecule has 0 aliphatic carbocycles. The Labute approximate surface area is 128 Å². The first-order valence-electron chi connectivity index (χ1n) is 6.49. The van der Waals surface area contributed by atoms with Crippen molar-refractivity contribution < 1.29 is 4.39 Å². The minimum atomic E-state index is -0.483. The van der Waals surface area contributed by atoms with Crippen LogP contribution >= 0.6 is 11.8 Å². The third-order valence-corrected chi connectivity index (χ3v) is 3.95. The number of para-hydroxylation sites is 1. The summed E-state index contributed by atoms with van der Waals surface area (Å²) in [6, 6.07) is 14.4. The maximum absolute atomic E-state index is 13.3. The predicted octanol–water partition coefficient (Wildman–Crippen LogP) is 4.59. The second-order valence-electron chi connectivity index (χ2n) is 4.38. The molecule has 0 atom stereocenters. The lowest BCUT2D eigenvalue weighted by atomic mass is 10.1. The SMILES string of the molecule is C=CCSc1ccccc1NCc1ccc(F)c(C#N)c1. The zero-order valence-electron chi connectivity index (χ0n) is 11.5. The van der Waals surface area contributed by atoms with Crippen molar-refractivity contribution in [3.63, 3.8) is 0 Å². The van der Waals surface area contributed by atoms with Crippen molar-refractivity contribution in [2.75, 3.05) is 11.1 Å². The van der Waals surface area contributed by atoms with Crippen LogP contribution in [0.5, 0.6) is 0 Å². The molecule has 0 bridgehead atoms. The number of nitriles is 1. The molecule has 4 heteroatoms. The zero-order chi connectivity index (χ0) is 15.1. The Bertz CT molecular complexity index is 677. The summed E-state index contributed by atoms with van der Waals surface area (Å²) in [6.07, 6.45) is 1.86. The first-order chi connectivity index (χ1) is 10.2. The molecular weight excluding hydrogens is 283 g/mol. The Morgan fingerprint density at radius 1 is 1.29 bits per heavy atom. The van der Waals surface area contributed by atoms with Crippen molar-refractivity contribution in [1.82, 2.24) is 0 Å². The Morgan fingerprint density at radius 3 is 2.86 bits per heavy atom. The summed E-state index contributed by atoms with van der Waals surface area (Å²) < 4.78 is 13.3. The first kappa shape index (κ1) is 15.1. The van der Waals surface area contributed by atoms with Gasteiger partial charge in [-0.25, -0.2) is 4.39 Å². The van der Waals surface area contributed by atoms with Crippen molar-refractivity contribution in [3.05, 3.63) is 72.1 Å². The molecule has 0 saturated heterocycles. The van der Waals surface area contributed by atoms with E-state index in [-0.39, 0.29) is 5.56 Å². The number of hydrogen-bond acceptors (Lipinski definition) is 3. The summed E-state index contributed by atoms with van der Waals surface area (Å²) in [4.78, 5) is 1.14. The van der Waals surface area contributed by atoms with Gasteiger partial charge < -0.3 is 5.32 Å². The van der Waals surface area contributed by atoms with Crippen molar-refractivity contribution in [2.45, 2.75) is 11.4 Å². The van der Waals surface area contributed by atoms with Gasteiger partial charge in [0.2, 0.25) is 0 Å². The molecule has 106 valence electrons. The van der Waals surface area contributed by atoms with Gasteiger partial charge in [-0.1, -0.05) is 24.3 Å². The average molecular weight is 298 g/mol. The molecule has 2 nitrogen and oxygen atoms in total. The average Bonchev–Trinajstić information content (AvgIpc) is 2.53. The summed E-state index contributed by atoms with van der Waals surface area (Å²) in [5.74, 6) is 0.358. The van der Waals surface area contributed by atoms with Crippen LogP contribution in [-0.2, 0) is 6.54 Å². The van der Waals surface area contributed by atoms with Crippen LogP contribution in [0.3, 0.4) is 0 Å². The topological polar surface area (TPSA) is 35.8 Å². The van der Waals surface area contributed by atoms with Gasteiger partial charge in [0.25, 0.3) is 0 Å². The summed E-state index contributed by atoms with van der Waals surface area (Å²) in [7, 11) is 0. The van der Waals surface area contributed by atoms with Gasteiger partial charge in [0.05, 0.1) is 5.56 Å². The smallest absolute Gasteiger partial charge is 0.140 e. The summed E-state index contributed by atoms with van der Waals surface area (Å²) in [6.45, 7) is 4.26. The predicted molar refractivity (Wildman–Crippen MR) is 85.8 cm³/mol. The maximum atomic E-state index is 13.3. The number of benzene rings is 2. The third-order valence-electron chi connectivity index (χ3n) is 2.88. The minimum absolute atomic E-state index is 0.0728. The molecule has 0 saturated carbocycles. The molecule has 0 heterocycles. The fraction of sp³-hybridized carbons (Fsp3) is 0.118. The second-order valence-corrected chi connectivity index (χ2v) is 5.44. The molecule has 0 spiro atoms. The molecule has 0 aliphatic heterocycles. The van der Waals surface area contributed by atoms with Crippen LogP contribution in [-0.4, -0.2) is 5.75 Å². The lowest BCUT2D eigenvalue weighted by Crippen LogP contribution is -2.01. The number of rotatable bonds is 6. The fourth-order valence-electron chi connectivity index (χ4n) is 1.85. The van der Waals surface area contributed by atoms with E-state index in [1.807, 2.05) is 36.4 Å². The molecule has 0 aliphatic rings. The monoisotopic (exact) mass is 298 g/mol. The van der Waals surface area contributed by atoms with Crippen LogP contribution in [0.2, 0.25) is 0 Å².